The summed E-state index contributed by atoms with van der Waals surface area (Å²) in [7, 11) is -4.27. The first kappa shape index (κ1) is 30.8. The topological polar surface area (TPSA) is 112 Å². The lowest BCUT2D eigenvalue weighted by Gasteiger charge is -2.39. The van der Waals surface area contributed by atoms with Crippen molar-refractivity contribution in [1.29, 1.82) is 0 Å². The molecule has 0 unspecified atom stereocenters. The van der Waals surface area contributed by atoms with E-state index in [-0.39, 0.29) is 37.7 Å². The van der Waals surface area contributed by atoms with Gasteiger partial charge in [0.15, 0.2) is 5.13 Å². The van der Waals surface area contributed by atoms with Crippen molar-refractivity contribution in [2.75, 3.05) is 24.5 Å². The molecule has 1 atom stereocenters. The summed E-state index contributed by atoms with van der Waals surface area (Å²) in [5.41, 5.74) is 2.68. The Labute approximate surface area is 240 Å². The highest BCUT2D eigenvalue weighted by molar-refractivity contribution is 7.89. The highest BCUT2D eigenvalue weighted by Gasteiger charge is 2.41. The first-order valence-electron chi connectivity index (χ1n) is 13.0. The van der Waals surface area contributed by atoms with Crippen LogP contribution in [0.3, 0.4) is 0 Å². The number of piperazine rings is 1. The minimum absolute atomic E-state index is 0.00636. The van der Waals surface area contributed by atoms with E-state index in [9.17, 15) is 31.5 Å². The number of benzene rings is 2. The quantitative estimate of drug-likeness (QED) is 0.356. The number of thiazole rings is 1. The Balaban J connectivity index is 1.57. The molecule has 1 saturated heterocycles. The van der Waals surface area contributed by atoms with Crippen molar-refractivity contribution in [3.8, 4) is 5.75 Å². The number of carbonyl (C=O) groups is 1. The second kappa shape index (κ2) is 12.8. The third-order valence-electron chi connectivity index (χ3n) is 6.62. The van der Waals surface area contributed by atoms with Crippen molar-refractivity contribution in [1.82, 2.24) is 14.6 Å². The van der Waals surface area contributed by atoms with Crippen molar-refractivity contribution in [2.24, 2.45) is 0 Å². The van der Waals surface area contributed by atoms with Gasteiger partial charge in [-0.25, -0.2) is 13.4 Å². The summed E-state index contributed by atoms with van der Waals surface area (Å²) >= 11 is 1.27. The minimum atomic E-state index is -4.92. The number of hydrogen-bond donors (Lipinski definition) is 2. The van der Waals surface area contributed by atoms with Gasteiger partial charge in [-0.1, -0.05) is 48.9 Å². The summed E-state index contributed by atoms with van der Waals surface area (Å²) < 4.78 is 69.9. The number of nitrogens with zero attached hydrogens (tertiary/aromatic N) is 3. The molecule has 1 aromatic heterocycles. The highest BCUT2D eigenvalue weighted by Crippen LogP contribution is 2.31. The molecular weight excluding hydrogens is 581 g/mol. The SMILES string of the molecule is CCCc1ccc(CNC(=O)[C@H]2CN(c3nc(C)c(CO)s3)CCN2S(=O)(=O)c2ccc(OC(F)(F)F)cc2)cc1. The number of hydrogen-bond acceptors (Lipinski definition) is 8. The van der Waals surface area contributed by atoms with Gasteiger partial charge in [0.05, 0.1) is 22.1 Å². The molecule has 2 aromatic carbocycles. The van der Waals surface area contributed by atoms with Gasteiger partial charge < -0.3 is 20.1 Å². The molecule has 0 spiro atoms. The zero-order chi connectivity index (χ0) is 29.8. The van der Waals surface area contributed by atoms with Gasteiger partial charge in [-0.3, -0.25) is 4.79 Å². The summed E-state index contributed by atoms with van der Waals surface area (Å²) in [6.45, 7) is 3.98. The largest absolute Gasteiger partial charge is 0.573 e. The summed E-state index contributed by atoms with van der Waals surface area (Å²) in [4.78, 5) is 20.2. The van der Waals surface area contributed by atoms with Crippen molar-refractivity contribution in [3.05, 3.63) is 70.2 Å². The fraction of sp³-hybridized carbons (Fsp3) is 0.407. The molecule has 2 N–H and O–H groups in total. The van der Waals surface area contributed by atoms with Crippen molar-refractivity contribution in [3.63, 3.8) is 0 Å². The minimum Gasteiger partial charge on any atom is -0.406 e. The number of carbonyl (C=O) groups excluding carboxylic acids is 1. The number of anilines is 1. The number of aromatic nitrogens is 1. The molecule has 3 aromatic rings. The smallest absolute Gasteiger partial charge is 0.406 e. The van der Waals surface area contributed by atoms with Gasteiger partial charge in [0.1, 0.15) is 11.8 Å². The number of aliphatic hydroxyl groups is 1. The summed E-state index contributed by atoms with van der Waals surface area (Å²) in [5.74, 6) is -1.08. The third-order valence-corrected chi connectivity index (χ3v) is 9.75. The monoisotopic (exact) mass is 612 g/mol. The molecule has 0 bridgehead atoms. The van der Waals surface area contributed by atoms with E-state index >= 15 is 0 Å². The Morgan fingerprint density at radius 2 is 1.78 bits per heavy atom. The number of rotatable bonds is 10. The first-order chi connectivity index (χ1) is 19.4. The molecule has 2 heterocycles. The van der Waals surface area contributed by atoms with E-state index < -0.39 is 34.1 Å². The first-order valence-corrected chi connectivity index (χ1v) is 15.2. The van der Waals surface area contributed by atoms with Gasteiger partial charge in [0, 0.05) is 26.2 Å². The number of aliphatic hydroxyl groups excluding tert-OH is 1. The van der Waals surface area contributed by atoms with E-state index in [0.717, 1.165) is 47.0 Å². The zero-order valence-corrected chi connectivity index (χ0v) is 24.2. The number of aryl methyl sites for hydroxylation is 2. The molecular formula is C27H31F3N4O5S2. The molecule has 41 heavy (non-hydrogen) atoms. The Hall–Kier alpha value is -3.20. The fourth-order valence-corrected chi connectivity index (χ4v) is 7.03. The number of halogens is 3. The molecule has 1 aliphatic heterocycles. The van der Waals surface area contributed by atoms with Crippen LogP contribution in [0.4, 0.5) is 18.3 Å². The molecule has 222 valence electrons. The second-order valence-corrected chi connectivity index (χ2v) is 12.5. The molecule has 14 heteroatoms. The van der Waals surface area contributed by atoms with E-state index in [1.807, 2.05) is 24.3 Å². The summed E-state index contributed by atoms with van der Waals surface area (Å²) in [6, 6.07) is 10.5. The average molecular weight is 613 g/mol. The number of sulfonamides is 1. The van der Waals surface area contributed by atoms with Crippen LogP contribution in [-0.2, 0) is 34.4 Å². The number of amides is 1. The molecule has 4 rings (SSSR count). The Morgan fingerprint density at radius 3 is 2.37 bits per heavy atom. The van der Waals surface area contributed by atoms with E-state index in [2.05, 4.69) is 22.0 Å². The van der Waals surface area contributed by atoms with Crippen LogP contribution in [0.15, 0.2) is 53.4 Å². The van der Waals surface area contributed by atoms with Gasteiger partial charge in [-0.05, 0) is 48.7 Å². The maximum atomic E-state index is 13.6. The Kier molecular flexibility index (Phi) is 9.57. The van der Waals surface area contributed by atoms with Crippen LogP contribution in [0, 0.1) is 6.92 Å². The van der Waals surface area contributed by atoms with Crippen LogP contribution in [-0.4, -0.2) is 60.8 Å². The van der Waals surface area contributed by atoms with Crippen LogP contribution in [0.25, 0.3) is 0 Å². The van der Waals surface area contributed by atoms with E-state index in [4.69, 9.17) is 0 Å². The van der Waals surface area contributed by atoms with Crippen molar-refractivity contribution >= 4 is 32.4 Å². The lowest BCUT2D eigenvalue weighted by molar-refractivity contribution is -0.274. The number of alkyl halides is 3. The van der Waals surface area contributed by atoms with Crippen LogP contribution in [0.2, 0.25) is 0 Å². The van der Waals surface area contributed by atoms with Crippen LogP contribution in [0.1, 0.15) is 35.0 Å². The molecule has 0 radical (unpaired) electrons. The molecule has 1 fully saturated rings. The maximum absolute atomic E-state index is 13.6. The molecule has 1 amide bonds. The van der Waals surface area contributed by atoms with E-state index in [1.54, 1.807) is 11.8 Å². The predicted molar refractivity (Wildman–Crippen MR) is 148 cm³/mol. The number of nitrogens with one attached hydrogen (secondary N) is 1. The van der Waals surface area contributed by atoms with Crippen LogP contribution in [0.5, 0.6) is 5.75 Å². The maximum Gasteiger partial charge on any atom is 0.573 e. The third kappa shape index (κ3) is 7.56. The predicted octanol–water partition coefficient (Wildman–Crippen LogP) is 3.99. The average Bonchev–Trinajstić information content (AvgIpc) is 3.32. The van der Waals surface area contributed by atoms with Crippen LogP contribution < -0.4 is 15.0 Å². The standard InChI is InChI=1S/C27H31F3N4O5S2/c1-3-4-19-5-7-20(8-6-19)15-31-25(36)23-16-33(26-32-18(2)24(17-35)40-26)13-14-34(23)41(37,38)22-11-9-21(10-12-22)39-27(28,29)30/h5-12,23,35H,3-4,13-17H2,1-2H3,(H,31,36)/t23-/m1/s1. The summed E-state index contributed by atoms with van der Waals surface area (Å²) in [5, 5.41) is 13.0. The van der Waals surface area contributed by atoms with Crippen LogP contribution >= 0.6 is 11.3 Å². The van der Waals surface area contributed by atoms with Crippen molar-refractivity contribution in [2.45, 2.75) is 57.1 Å². The van der Waals surface area contributed by atoms with Gasteiger partial charge in [0.25, 0.3) is 0 Å². The van der Waals surface area contributed by atoms with E-state index in [0.29, 0.717) is 15.7 Å². The van der Waals surface area contributed by atoms with Gasteiger partial charge in [-0.2, -0.15) is 4.31 Å². The normalized spacial score (nSPS) is 16.5. The molecule has 1 aliphatic rings. The van der Waals surface area contributed by atoms with Gasteiger partial charge in [0.2, 0.25) is 15.9 Å². The van der Waals surface area contributed by atoms with Crippen molar-refractivity contribution < 1.29 is 36.2 Å². The van der Waals surface area contributed by atoms with E-state index in [1.165, 1.54) is 16.9 Å². The Bertz CT molecular complexity index is 1450. The fourth-order valence-electron chi connectivity index (χ4n) is 4.50. The van der Waals surface area contributed by atoms with Gasteiger partial charge in [-0.15, -0.1) is 13.2 Å². The lowest BCUT2D eigenvalue weighted by atomic mass is 10.1. The zero-order valence-electron chi connectivity index (χ0n) is 22.5. The molecule has 0 aliphatic carbocycles. The number of ether oxygens (including phenoxy) is 1. The lowest BCUT2D eigenvalue weighted by Crippen LogP contribution is -2.60. The summed E-state index contributed by atoms with van der Waals surface area (Å²) in [6.07, 6.45) is -2.97. The second-order valence-electron chi connectivity index (χ2n) is 9.54. The van der Waals surface area contributed by atoms with Gasteiger partial charge >= 0.3 is 6.36 Å². The molecule has 0 saturated carbocycles. The molecule has 9 nitrogen and oxygen atoms in total. The Morgan fingerprint density at radius 1 is 1.12 bits per heavy atom. The highest BCUT2D eigenvalue weighted by atomic mass is 32.2.